The molecule has 1 aromatic heterocycles. The summed E-state index contributed by atoms with van der Waals surface area (Å²) in [5, 5.41) is 4.10. The van der Waals surface area contributed by atoms with Crippen molar-refractivity contribution in [2.24, 2.45) is 0 Å². The van der Waals surface area contributed by atoms with E-state index in [0.29, 0.717) is 5.56 Å². The zero-order valence-electron chi connectivity index (χ0n) is 14.6. The first-order chi connectivity index (χ1) is 11.5. The molecule has 0 spiro atoms. The summed E-state index contributed by atoms with van der Waals surface area (Å²) in [4.78, 5) is 17.7. The third-order valence-corrected chi connectivity index (χ3v) is 4.64. The van der Waals surface area contributed by atoms with Crippen LogP contribution in [0.15, 0.2) is 42.5 Å². The first-order valence-corrected chi connectivity index (χ1v) is 8.28. The van der Waals surface area contributed by atoms with Gasteiger partial charge < -0.3 is 5.32 Å². The van der Waals surface area contributed by atoms with Gasteiger partial charge in [-0.1, -0.05) is 37.3 Å². The Morgan fingerprint density at radius 3 is 2.50 bits per heavy atom. The van der Waals surface area contributed by atoms with E-state index in [-0.39, 0.29) is 5.91 Å². The van der Waals surface area contributed by atoms with E-state index in [1.807, 2.05) is 70.2 Å². The number of carbonyl (C=O) groups is 1. The number of fused-ring (bicyclic) bond motifs is 1. The number of nitrogens with zero attached hydrogens (tertiary/aromatic N) is 1. The normalized spacial score (nSPS) is 10.8. The number of amides is 1. The summed E-state index contributed by atoms with van der Waals surface area (Å²) in [5.74, 6) is -0.0868. The molecule has 0 aliphatic heterocycles. The summed E-state index contributed by atoms with van der Waals surface area (Å²) >= 11 is 0. The molecule has 0 saturated carbocycles. The van der Waals surface area contributed by atoms with Crippen LogP contribution in [0.4, 0.5) is 5.69 Å². The molecule has 0 unspecified atom stereocenters. The van der Waals surface area contributed by atoms with Gasteiger partial charge in [0.1, 0.15) is 0 Å². The third kappa shape index (κ3) is 2.78. The van der Waals surface area contributed by atoms with Gasteiger partial charge in [0.25, 0.3) is 5.91 Å². The Kier molecular flexibility index (Phi) is 4.34. The predicted octanol–water partition coefficient (Wildman–Crippen LogP) is 4.97. The first kappa shape index (κ1) is 16.2. The van der Waals surface area contributed by atoms with Crippen molar-refractivity contribution < 1.29 is 4.79 Å². The Labute approximate surface area is 142 Å². The van der Waals surface area contributed by atoms with Crippen molar-refractivity contribution in [3.63, 3.8) is 0 Å². The average molecular weight is 318 g/mol. The zero-order chi connectivity index (χ0) is 17.3. The van der Waals surface area contributed by atoms with Crippen LogP contribution in [0.3, 0.4) is 0 Å². The molecule has 122 valence electrons. The highest BCUT2D eigenvalue weighted by Gasteiger charge is 2.18. The summed E-state index contributed by atoms with van der Waals surface area (Å²) in [5.41, 5.74) is 6.57. The Bertz CT molecular complexity index is 929. The highest BCUT2D eigenvalue weighted by atomic mass is 16.1. The fraction of sp³-hybridized carbons (Fsp3) is 0.238. The van der Waals surface area contributed by atoms with Gasteiger partial charge in [0.05, 0.1) is 16.8 Å². The van der Waals surface area contributed by atoms with Crippen molar-refractivity contribution in [1.29, 1.82) is 0 Å². The molecule has 0 bridgehead atoms. The Balaban J connectivity index is 2.09. The molecule has 0 saturated heterocycles. The number of aromatic nitrogens is 1. The van der Waals surface area contributed by atoms with Gasteiger partial charge in [0.2, 0.25) is 0 Å². The maximum Gasteiger partial charge on any atom is 0.257 e. The Morgan fingerprint density at radius 1 is 1.00 bits per heavy atom. The molecular formula is C21H22N2O. The van der Waals surface area contributed by atoms with Gasteiger partial charge >= 0.3 is 0 Å². The molecule has 3 nitrogen and oxygen atoms in total. The number of para-hydroxylation sites is 1. The standard InChI is InChI=1S/C21H22N2O/c1-5-17-20(15(4)16-10-6-7-11-19(16)22-17)21(24)23-18-12-8-9-13(2)14(18)3/h6-12H,5H2,1-4H3,(H,23,24). The smallest absolute Gasteiger partial charge is 0.257 e. The molecule has 2 aromatic carbocycles. The van der Waals surface area contributed by atoms with Crippen LogP contribution in [0, 0.1) is 20.8 Å². The maximum absolute atomic E-state index is 13.0. The van der Waals surface area contributed by atoms with Crippen molar-refractivity contribution >= 4 is 22.5 Å². The van der Waals surface area contributed by atoms with Crippen molar-refractivity contribution in [3.05, 3.63) is 70.4 Å². The van der Waals surface area contributed by atoms with Crippen LogP contribution in [0.2, 0.25) is 0 Å². The van der Waals surface area contributed by atoms with Crippen LogP contribution < -0.4 is 5.32 Å². The first-order valence-electron chi connectivity index (χ1n) is 8.28. The van der Waals surface area contributed by atoms with Gasteiger partial charge in [-0.2, -0.15) is 0 Å². The lowest BCUT2D eigenvalue weighted by Crippen LogP contribution is -2.18. The highest BCUT2D eigenvalue weighted by Crippen LogP contribution is 2.25. The topological polar surface area (TPSA) is 42.0 Å². The van der Waals surface area contributed by atoms with E-state index in [9.17, 15) is 4.79 Å². The van der Waals surface area contributed by atoms with Crippen molar-refractivity contribution in [1.82, 2.24) is 4.98 Å². The molecule has 3 aromatic rings. The number of pyridine rings is 1. The van der Waals surface area contributed by atoms with E-state index in [2.05, 4.69) is 5.32 Å². The lowest BCUT2D eigenvalue weighted by Gasteiger charge is -2.15. The van der Waals surface area contributed by atoms with Crippen LogP contribution in [0.1, 0.15) is 39.7 Å². The Morgan fingerprint density at radius 2 is 1.75 bits per heavy atom. The quantitative estimate of drug-likeness (QED) is 0.740. The number of carbonyl (C=O) groups excluding carboxylic acids is 1. The minimum Gasteiger partial charge on any atom is -0.322 e. The molecule has 0 radical (unpaired) electrons. The summed E-state index contributed by atoms with van der Waals surface area (Å²) in [6, 6.07) is 13.9. The van der Waals surface area contributed by atoms with Crippen LogP contribution in [-0.2, 0) is 6.42 Å². The van der Waals surface area contributed by atoms with Gasteiger partial charge in [-0.05, 0) is 56.0 Å². The van der Waals surface area contributed by atoms with Gasteiger partial charge in [-0.15, -0.1) is 0 Å². The number of anilines is 1. The SMILES string of the molecule is CCc1nc2ccccc2c(C)c1C(=O)Nc1cccc(C)c1C. The average Bonchev–Trinajstić information content (AvgIpc) is 2.58. The van der Waals surface area contributed by atoms with Crippen LogP contribution in [-0.4, -0.2) is 10.9 Å². The molecule has 24 heavy (non-hydrogen) atoms. The minimum atomic E-state index is -0.0868. The van der Waals surface area contributed by atoms with Crippen molar-refractivity contribution in [2.45, 2.75) is 34.1 Å². The summed E-state index contributed by atoms with van der Waals surface area (Å²) in [6.07, 6.45) is 0.723. The fourth-order valence-corrected chi connectivity index (χ4v) is 3.07. The maximum atomic E-state index is 13.0. The van der Waals surface area contributed by atoms with Gasteiger partial charge in [0.15, 0.2) is 0 Å². The number of nitrogens with one attached hydrogen (secondary N) is 1. The van der Waals surface area contributed by atoms with Gasteiger partial charge in [-0.25, -0.2) is 0 Å². The van der Waals surface area contributed by atoms with E-state index in [0.717, 1.165) is 45.4 Å². The molecule has 3 heteroatoms. The minimum absolute atomic E-state index is 0.0868. The lowest BCUT2D eigenvalue weighted by atomic mass is 9.99. The third-order valence-electron chi connectivity index (χ3n) is 4.64. The van der Waals surface area contributed by atoms with Crippen molar-refractivity contribution in [2.75, 3.05) is 5.32 Å². The number of benzene rings is 2. The van der Waals surface area contributed by atoms with Crippen LogP contribution in [0.5, 0.6) is 0 Å². The summed E-state index contributed by atoms with van der Waals surface area (Å²) < 4.78 is 0. The van der Waals surface area contributed by atoms with E-state index < -0.39 is 0 Å². The number of aryl methyl sites for hydroxylation is 3. The second-order valence-electron chi connectivity index (χ2n) is 6.13. The van der Waals surface area contributed by atoms with Crippen LogP contribution >= 0.6 is 0 Å². The molecular weight excluding hydrogens is 296 g/mol. The molecule has 0 aliphatic carbocycles. The zero-order valence-corrected chi connectivity index (χ0v) is 14.6. The van der Waals surface area contributed by atoms with Crippen LogP contribution in [0.25, 0.3) is 10.9 Å². The molecule has 3 rings (SSSR count). The summed E-state index contributed by atoms with van der Waals surface area (Å²) in [7, 11) is 0. The van der Waals surface area contributed by atoms with E-state index in [4.69, 9.17) is 4.98 Å². The lowest BCUT2D eigenvalue weighted by molar-refractivity contribution is 0.102. The highest BCUT2D eigenvalue weighted by molar-refractivity contribution is 6.08. The fourth-order valence-electron chi connectivity index (χ4n) is 3.07. The Hall–Kier alpha value is -2.68. The monoisotopic (exact) mass is 318 g/mol. The molecule has 0 atom stereocenters. The molecule has 1 N–H and O–H groups in total. The second kappa shape index (κ2) is 6.44. The molecule has 1 amide bonds. The second-order valence-corrected chi connectivity index (χ2v) is 6.13. The molecule has 0 aliphatic rings. The largest absolute Gasteiger partial charge is 0.322 e. The van der Waals surface area contributed by atoms with Gasteiger partial charge in [0, 0.05) is 11.1 Å². The van der Waals surface area contributed by atoms with E-state index in [1.165, 1.54) is 0 Å². The van der Waals surface area contributed by atoms with E-state index in [1.54, 1.807) is 0 Å². The van der Waals surface area contributed by atoms with Crippen molar-refractivity contribution in [3.8, 4) is 0 Å². The molecule has 0 fully saturated rings. The number of rotatable bonds is 3. The number of hydrogen-bond donors (Lipinski definition) is 1. The predicted molar refractivity (Wildman–Crippen MR) is 99.7 cm³/mol. The summed E-state index contributed by atoms with van der Waals surface area (Å²) in [6.45, 7) is 8.11. The number of hydrogen-bond acceptors (Lipinski definition) is 2. The molecule has 1 heterocycles. The van der Waals surface area contributed by atoms with E-state index >= 15 is 0 Å². The van der Waals surface area contributed by atoms with Gasteiger partial charge in [-0.3, -0.25) is 9.78 Å².